The molecular weight excluding hydrogens is 377 g/mol. The molecule has 2 aliphatic heterocycles. The predicted octanol–water partition coefficient (Wildman–Crippen LogP) is 6.12. The highest BCUT2D eigenvalue weighted by atomic mass is 31.2. The number of hydrogen-bond acceptors (Lipinski definition) is 4. The van der Waals surface area contributed by atoms with Crippen molar-refractivity contribution in [2.45, 2.75) is 45.1 Å². The third kappa shape index (κ3) is 3.49. The molecule has 2 aliphatic rings. The minimum atomic E-state index is -0.886. The van der Waals surface area contributed by atoms with Gasteiger partial charge >= 0.3 is 0 Å². The quantitative estimate of drug-likeness (QED) is 0.491. The molecule has 0 N–H and O–H groups in total. The van der Waals surface area contributed by atoms with Crippen LogP contribution in [-0.2, 0) is 5.41 Å². The molecule has 2 saturated heterocycles. The summed E-state index contributed by atoms with van der Waals surface area (Å²) >= 11 is 0. The summed E-state index contributed by atoms with van der Waals surface area (Å²) in [5.41, 5.74) is 3.32. The molecule has 4 nitrogen and oxygen atoms in total. The second kappa shape index (κ2) is 7.27. The molecule has 0 radical (unpaired) electrons. The van der Waals surface area contributed by atoms with E-state index in [2.05, 4.69) is 90.8 Å². The summed E-state index contributed by atoms with van der Waals surface area (Å²) in [6, 6.07) is 21.9. The Morgan fingerprint density at radius 1 is 1.00 bits per heavy atom. The van der Waals surface area contributed by atoms with Gasteiger partial charge in [-0.05, 0) is 37.1 Å². The highest BCUT2D eigenvalue weighted by Gasteiger charge is 2.45. The lowest BCUT2D eigenvalue weighted by Crippen LogP contribution is -2.20. The van der Waals surface area contributed by atoms with Crippen molar-refractivity contribution in [3.63, 3.8) is 0 Å². The van der Waals surface area contributed by atoms with Crippen molar-refractivity contribution in [2.24, 2.45) is 0 Å². The average molecular weight is 405 g/mol. The molecule has 2 aromatic carbocycles. The molecule has 29 heavy (non-hydrogen) atoms. The number of hydrogen-bond donors (Lipinski definition) is 0. The van der Waals surface area contributed by atoms with E-state index in [0.717, 1.165) is 35.4 Å². The van der Waals surface area contributed by atoms with Crippen LogP contribution < -0.4 is 9.19 Å². The SMILES string of the molecule is CC(C)(C)c1ccc2cccc(OP3N(c4ccccc4)C[C@@H]4CCCN43)c2n1. The van der Waals surface area contributed by atoms with Gasteiger partial charge in [-0.25, -0.2) is 9.65 Å². The van der Waals surface area contributed by atoms with Crippen LogP contribution in [0.1, 0.15) is 39.3 Å². The van der Waals surface area contributed by atoms with Gasteiger partial charge in [0.15, 0.2) is 5.75 Å². The van der Waals surface area contributed by atoms with Gasteiger partial charge < -0.3 is 9.19 Å². The van der Waals surface area contributed by atoms with Gasteiger partial charge in [0.05, 0.1) is 0 Å². The third-order valence-electron chi connectivity index (χ3n) is 5.84. The molecule has 0 bridgehead atoms. The number of anilines is 1. The normalized spacial score (nSPS) is 22.2. The Bertz CT molecular complexity index is 1020. The Hall–Kier alpha value is -2.16. The molecule has 2 atom stereocenters. The number of pyridine rings is 1. The van der Waals surface area contributed by atoms with E-state index in [-0.39, 0.29) is 5.41 Å². The van der Waals surface area contributed by atoms with E-state index < -0.39 is 8.45 Å². The number of para-hydroxylation sites is 2. The molecule has 0 aliphatic carbocycles. The van der Waals surface area contributed by atoms with Gasteiger partial charge in [-0.3, -0.25) is 0 Å². The van der Waals surface area contributed by atoms with Crippen LogP contribution in [0, 0.1) is 0 Å². The molecule has 1 unspecified atom stereocenters. The summed E-state index contributed by atoms with van der Waals surface area (Å²) in [5, 5.41) is 1.13. The van der Waals surface area contributed by atoms with Crippen LogP contribution in [0.3, 0.4) is 0 Å². The van der Waals surface area contributed by atoms with Crippen molar-refractivity contribution in [2.75, 3.05) is 17.8 Å². The lowest BCUT2D eigenvalue weighted by atomic mass is 9.91. The topological polar surface area (TPSA) is 28.6 Å². The van der Waals surface area contributed by atoms with Crippen LogP contribution >= 0.6 is 8.45 Å². The maximum Gasteiger partial charge on any atom is 0.279 e. The zero-order valence-electron chi connectivity index (χ0n) is 17.4. The van der Waals surface area contributed by atoms with E-state index in [9.17, 15) is 0 Å². The zero-order chi connectivity index (χ0) is 20.0. The van der Waals surface area contributed by atoms with Crippen molar-refractivity contribution in [1.29, 1.82) is 0 Å². The lowest BCUT2D eigenvalue weighted by molar-refractivity contribution is 0.433. The highest BCUT2D eigenvalue weighted by molar-refractivity contribution is 7.52. The smallest absolute Gasteiger partial charge is 0.279 e. The van der Waals surface area contributed by atoms with Crippen LogP contribution in [0.15, 0.2) is 60.7 Å². The average Bonchev–Trinajstić information content (AvgIpc) is 3.30. The van der Waals surface area contributed by atoms with Gasteiger partial charge in [0, 0.05) is 41.3 Å². The summed E-state index contributed by atoms with van der Waals surface area (Å²) in [5.74, 6) is 0.896. The number of benzene rings is 2. The lowest BCUT2D eigenvalue weighted by Gasteiger charge is -2.29. The molecule has 5 rings (SSSR count). The molecule has 150 valence electrons. The van der Waals surface area contributed by atoms with Gasteiger partial charge in [-0.15, -0.1) is 0 Å². The number of aromatic nitrogens is 1. The molecule has 0 saturated carbocycles. The molecule has 5 heteroatoms. The van der Waals surface area contributed by atoms with Crippen molar-refractivity contribution in [3.05, 3.63) is 66.4 Å². The predicted molar refractivity (Wildman–Crippen MR) is 122 cm³/mol. The Labute approximate surface area is 174 Å². The summed E-state index contributed by atoms with van der Waals surface area (Å²) in [6.07, 6.45) is 2.52. The Balaban J connectivity index is 1.54. The first kappa shape index (κ1) is 18.8. The molecule has 0 amide bonds. The van der Waals surface area contributed by atoms with E-state index >= 15 is 0 Å². The van der Waals surface area contributed by atoms with Gasteiger partial charge in [0.25, 0.3) is 8.45 Å². The van der Waals surface area contributed by atoms with E-state index in [4.69, 9.17) is 9.51 Å². The number of fused-ring (bicyclic) bond motifs is 2. The second-order valence-electron chi connectivity index (χ2n) is 9.00. The van der Waals surface area contributed by atoms with Gasteiger partial charge in [0.1, 0.15) is 5.52 Å². The summed E-state index contributed by atoms with van der Waals surface area (Å²) in [4.78, 5) is 5.02. The minimum absolute atomic E-state index is 0.0100. The first-order valence-electron chi connectivity index (χ1n) is 10.5. The summed E-state index contributed by atoms with van der Waals surface area (Å²) in [6.45, 7) is 8.78. The fraction of sp³-hybridized carbons (Fsp3) is 0.375. The monoisotopic (exact) mass is 405 g/mol. The highest BCUT2D eigenvalue weighted by Crippen LogP contribution is 2.57. The van der Waals surface area contributed by atoms with Crippen LogP contribution in [0.2, 0.25) is 0 Å². The van der Waals surface area contributed by atoms with Gasteiger partial charge in [-0.1, -0.05) is 57.2 Å². The summed E-state index contributed by atoms with van der Waals surface area (Å²) < 4.78 is 11.8. The first-order chi connectivity index (χ1) is 14.0. The Morgan fingerprint density at radius 2 is 1.83 bits per heavy atom. The maximum absolute atomic E-state index is 6.79. The van der Waals surface area contributed by atoms with Crippen LogP contribution in [0.5, 0.6) is 5.75 Å². The van der Waals surface area contributed by atoms with Crippen molar-refractivity contribution >= 4 is 25.0 Å². The molecule has 3 aromatic rings. The second-order valence-corrected chi connectivity index (χ2v) is 10.7. The van der Waals surface area contributed by atoms with E-state index in [0.29, 0.717) is 6.04 Å². The van der Waals surface area contributed by atoms with Crippen molar-refractivity contribution in [3.8, 4) is 5.75 Å². The Kier molecular flexibility index (Phi) is 4.72. The standard InChI is InChI=1S/C24H28N3OP/c1-24(2,3)22-15-14-18-9-7-13-21(23(18)25-22)28-29-26-16-8-12-20(26)17-27(29)19-10-5-4-6-11-19/h4-7,9-11,13-15,20H,8,12,16-17H2,1-3H3/t20-,29?/m0/s1. The zero-order valence-corrected chi connectivity index (χ0v) is 18.3. The van der Waals surface area contributed by atoms with Gasteiger partial charge in [-0.2, -0.15) is 0 Å². The molecule has 0 spiro atoms. The molecule has 1 aromatic heterocycles. The van der Waals surface area contributed by atoms with Crippen molar-refractivity contribution in [1.82, 2.24) is 9.65 Å². The fourth-order valence-electron chi connectivity index (χ4n) is 4.24. The van der Waals surface area contributed by atoms with Crippen LogP contribution in [-0.4, -0.2) is 28.8 Å². The fourth-order valence-corrected chi connectivity index (χ4v) is 6.49. The summed E-state index contributed by atoms with van der Waals surface area (Å²) in [7, 11) is -0.886. The maximum atomic E-state index is 6.79. The van der Waals surface area contributed by atoms with E-state index in [1.807, 2.05) is 0 Å². The third-order valence-corrected chi connectivity index (χ3v) is 7.98. The van der Waals surface area contributed by atoms with Crippen LogP contribution in [0.4, 0.5) is 5.69 Å². The van der Waals surface area contributed by atoms with Gasteiger partial charge in [0.2, 0.25) is 0 Å². The number of nitrogens with zero attached hydrogens (tertiary/aromatic N) is 3. The molecular formula is C24H28N3OP. The van der Waals surface area contributed by atoms with Crippen LogP contribution in [0.25, 0.3) is 10.9 Å². The largest absolute Gasteiger partial charge is 0.438 e. The minimum Gasteiger partial charge on any atom is -0.438 e. The molecule has 3 heterocycles. The van der Waals surface area contributed by atoms with E-state index in [1.54, 1.807) is 0 Å². The first-order valence-corrected chi connectivity index (χ1v) is 11.6. The van der Waals surface area contributed by atoms with Crippen molar-refractivity contribution < 1.29 is 4.52 Å². The number of rotatable bonds is 3. The Morgan fingerprint density at radius 3 is 2.62 bits per heavy atom. The van der Waals surface area contributed by atoms with E-state index in [1.165, 1.54) is 18.5 Å². The molecule has 2 fully saturated rings.